The van der Waals surface area contributed by atoms with Gasteiger partial charge in [-0.25, -0.2) is 0 Å². The SMILES string of the molecule is CCN(CC)C(=O)c1ccc(NC(=O)C(N)Cc2ccccc2)cc1.Cl. The number of nitrogens with two attached hydrogens (primary N) is 1. The van der Waals surface area contributed by atoms with Crippen LogP contribution in [0.25, 0.3) is 0 Å². The third-order valence-corrected chi connectivity index (χ3v) is 4.09. The fourth-order valence-electron chi connectivity index (χ4n) is 2.59. The van der Waals surface area contributed by atoms with Crippen LogP contribution >= 0.6 is 12.4 Å². The first-order valence-electron chi connectivity index (χ1n) is 8.54. The first-order chi connectivity index (χ1) is 12.0. The van der Waals surface area contributed by atoms with Crippen molar-refractivity contribution in [2.75, 3.05) is 18.4 Å². The lowest BCUT2D eigenvalue weighted by Crippen LogP contribution is -2.37. The van der Waals surface area contributed by atoms with Crippen molar-refractivity contribution in [2.24, 2.45) is 5.73 Å². The lowest BCUT2D eigenvalue weighted by atomic mass is 10.1. The van der Waals surface area contributed by atoms with Gasteiger partial charge in [0.1, 0.15) is 0 Å². The zero-order valence-corrected chi connectivity index (χ0v) is 16.0. The Hall–Kier alpha value is -2.37. The van der Waals surface area contributed by atoms with Crippen molar-refractivity contribution in [3.63, 3.8) is 0 Å². The van der Waals surface area contributed by atoms with E-state index in [4.69, 9.17) is 5.73 Å². The van der Waals surface area contributed by atoms with E-state index < -0.39 is 6.04 Å². The van der Waals surface area contributed by atoms with Crippen LogP contribution in [0.4, 0.5) is 5.69 Å². The van der Waals surface area contributed by atoms with Crippen molar-refractivity contribution < 1.29 is 9.59 Å². The number of nitrogens with zero attached hydrogens (tertiary/aromatic N) is 1. The van der Waals surface area contributed by atoms with Crippen LogP contribution in [0.1, 0.15) is 29.8 Å². The molecule has 0 aliphatic rings. The van der Waals surface area contributed by atoms with Crippen LogP contribution in [0.15, 0.2) is 54.6 Å². The molecule has 0 aromatic heterocycles. The van der Waals surface area contributed by atoms with Crippen LogP contribution < -0.4 is 11.1 Å². The molecule has 2 rings (SSSR count). The molecule has 0 aliphatic heterocycles. The third kappa shape index (κ3) is 5.86. The lowest BCUT2D eigenvalue weighted by Gasteiger charge is -2.18. The molecule has 1 atom stereocenters. The summed E-state index contributed by atoms with van der Waals surface area (Å²) in [6.45, 7) is 5.23. The molecular formula is C20H26ClN3O2. The molecule has 0 heterocycles. The van der Waals surface area contributed by atoms with E-state index in [1.54, 1.807) is 29.2 Å². The highest BCUT2D eigenvalue weighted by molar-refractivity contribution is 5.97. The van der Waals surface area contributed by atoms with Gasteiger partial charge in [-0.2, -0.15) is 0 Å². The Balaban J connectivity index is 0.00000338. The Morgan fingerprint density at radius 3 is 2.12 bits per heavy atom. The molecule has 0 saturated heterocycles. The summed E-state index contributed by atoms with van der Waals surface area (Å²) in [5.41, 5.74) is 8.23. The number of amides is 2. The number of anilines is 1. The molecule has 0 bridgehead atoms. The number of carbonyl (C=O) groups excluding carboxylic acids is 2. The molecule has 0 spiro atoms. The van der Waals surface area contributed by atoms with Crippen molar-refractivity contribution in [1.29, 1.82) is 0 Å². The minimum Gasteiger partial charge on any atom is -0.339 e. The van der Waals surface area contributed by atoms with Gasteiger partial charge in [-0.1, -0.05) is 30.3 Å². The molecule has 3 N–H and O–H groups in total. The van der Waals surface area contributed by atoms with Crippen molar-refractivity contribution in [1.82, 2.24) is 4.90 Å². The largest absolute Gasteiger partial charge is 0.339 e. The van der Waals surface area contributed by atoms with Gasteiger partial charge in [0.15, 0.2) is 0 Å². The number of rotatable bonds is 7. The average molecular weight is 376 g/mol. The van der Waals surface area contributed by atoms with E-state index in [0.29, 0.717) is 30.8 Å². The Labute approximate surface area is 161 Å². The molecule has 0 radical (unpaired) electrons. The molecule has 0 fully saturated rings. The van der Waals surface area contributed by atoms with Gasteiger partial charge >= 0.3 is 0 Å². The lowest BCUT2D eigenvalue weighted by molar-refractivity contribution is -0.117. The van der Waals surface area contributed by atoms with Crippen molar-refractivity contribution in [2.45, 2.75) is 26.3 Å². The van der Waals surface area contributed by atoms with E-state index in [0.717, 1.165) is 5.56 Å². The Morgan fingerprint density at radius 1 is 1.00 bits per heavy atom. The van der Waals surface area contributed by atoms with Gasteiger partial charge in [-0.05, 0) is 50.1 Å². The highest BCUT2D eigenvalue weighted by Gasteiger charge is 2.15. The summed E-state index contributed by atoms with van der Waals surface area (Å²) in [4.78, 5) is 26.2. The molecule has 5 nitrogen and oxygen atoms in total. The van der Waals surface area contributed by atoms with Gasteiger partial charge in [0.05, 0.1) is 6.04 Å². The van der Waals surface area contributed by atoms with E-state index in [9.17, 15) is 9.59 Å². The van der Waals surface area contributed by atoms with E-state index in [1.165, 1.54) is 0 Å². The monoisotopic (exact) mass is 375 g/mol. The number of hydrogen-bond acceptors (Lipinski definition) is 3. The first kappa shape index (κ1) is 21.7. The van der Waals surface area contributed by atoms with Crippen molar-refractivity contribution in [3.8, 4) is 0 Å². The van der Waals surface area contributed by atoms with Gasteiger partial charge in [-0.3, -0.25) is 9.59 Å². The third-order valence-electron chi connectivity index (χ3n) is 4.09. The second-order valence-corrected chi connectivity index (χ2v) is 5.84. The van der Waals surface area contributed by atoms with Crippen molar-refractivity contribution in [3.05, 3.63) is 65.7 Å². The van der Waals surface area contributed by atoms with E-state index >= 15 is 0 Å². The maximum atomic E-state index is 12.3. The molecule has 2 aromatic carbocycles. The number of carbonyl (C=O) groups is 2. The predicted molar refractivity (Wildman–Crippen MR) is 108 cm³/mol. The Bertz CT molecular complexity index is 701. The fraction of sp³-hybridized carbons (Fsp3) is 0.300. The molecule has 1 unspecified atom stereocenters. The summed E-state index contributed by atoms with van der Waals surface area (Å²) in [6.07, 6.45) is 0.477. The van der Waals surface area contributed by atoms with Crippen LogP contribution in [0.2, 0.25) is 0 Å². The second kappa shape index (κ2) is 10.6. The summed E-state index contributed by atoms with van der Waals surface area (Å²) < 4.78 is 0. The molecule has 2 aromatic rings. The van der Waals surface area contributed by atoms with E-state index in [2.05, 4.69) is 5.32 Å². The molecule has 6 heteroatoms. The van der Waals surface area contributed by atoms with Crippen molar-refractivity contribution >= 4 is 29.9 Å². The zero-order chi connectivity index (χ0) is 18.2. The Morgan fingerprint density at radius 2 is 1.58 bits per heavy atom. The number of benzene rings is 2. The van der Waals surface area contributed by atoms with E-state index in [-0.39, 0.29) is 24.2 Å². The zero-order valence-electron chi connectivity index (χ0n) is 15.1. The smallest absolute Gasteiger partial charge is 0.253 e. The standard InChI is InChI=1S/C20H25N3O2.ClH/c1-3-23(4-2)20(25)16-10-12-17(13-11-16)22-19(24)18(21)14-15-8-6-5-7-9-15;/h5-13,18H,3-4,14,21H2,1-2H3,(H,22,24);1H. The molecule has 0 saturated carbocycles. The molecule has 140 valence electrons. The van der Waals surface area contributed by atoms with Gasteiger partial charge < -0.3 is 16.0 Å². The maximum Gasteiger partial charge on any atom is 0.253 e. The normalized spacial score (nSPS) is 11.2. The van der Waals surface area contributed by atoms with Gasteiger partial charge in [0.25, 0.3) is 5.91 Å². The molecule has 26 heavy (non-hydrogen) atoms. The molecule has 2 amide bonds. The highest BCUT2D eigenvalue weighted by Crippen LogP contribution is 2.12. The maximum absolute atomic E-state index is 12.3. The molecular weight excluding hydrogens is 350 g/mol. The van der Waals surface area contributed by atoms with Crippen LogP contribution in [0.3, 0.4) is 0 Å². The van der Waals surface area contributed by atoms with Gasteiger partial charge in [0.2, 0.25) is 5.91 Å². The topological polar surface area (TPSA) is 75.4 Å². The fourth-order valence-corrected chi connectivity index (χ4v) is 2.59. The Kier molecular flexibility index (Phi) is 8.82. The van der Waals surface area contributed by atoms with E-state index in [1.807, 2.05) is 44.2 Å². The van der Waals surface area contributed by atoms with Crippen LogP contribution in [0, 0.1) is 0 Å². The van der Waals surface area contributed by atoms with Gasteiger partial charge in [-0.15, -0.1) is 12.4 Å². The highest BCUT2D eigenvalue weighted by atomic mass is 35.5. The van der Waals surface area contributed by atoms with Crippen LogP contribution in [0.5, 0.6) is 0 Å². The average Bonchev–Trinajstić information content (AvgIpc) is 2.64. The minimum absolute atomic E-state index is 0. The summed E-state index contributed by atoms with van der Waals surface area (Å²) in [5, 5.41) is 2.80. The van der Waals surface area contributed by atoms with Crippen LogP contribution in [-0.2, 0) is 11.2 Å². The molecule has 0 aliphatic carbocycles. The minimum atomic E-state index is -0.626. The quantitative estimate of drug-likeness (QED) is 0.780. The number of halogens is 1. The van der Waals surface area contributed by atoms with Gasteiger partial charge in [0, 0.05) is 24.3 Å². The number of nitrogens with one attached hydrogen (secondary N) is 1. The summed E-state index contributed by atoms with van der Waals surface area (Å²) >= 11 is 0. The summed E-state index contributed by atoms with van der Waals surface area (Å²) in [7, 11) is 0. The van der Waals surface area contributed by atoms with Crippen LogP contribution in [-0.4, -0.2) is 35.8 Å². The summed E-state index contributed by atoms with van der Waals surface area (Å²) in [5.74, 6) is -0.254. The first-order valence-corrected chi connectivity index (χ1v) is 8.54. The predicted octanol–water partition coefficient (Wildman–Crippen LogP) is 3.10. The number of hydrogen-bond donors (Lipinski definition) is 2. The second-order valence-electron chi connectivity index (χ2n) is 5.84. The summed E-state index contributed by atoms with van der Waals surface area (Å²) in [6, 6.07) is 15.9.